The summed E-state index contributed by atoms with van der Waals surface area (Å²) in [6, 6.07) is 4.82. The molecule has 1 aromatic heterocycles. The third-order valence-electron chi connectivity index (χ3n) is 1.84. The van der Waals surface area contributed by atoms with Crippen molar-refractivity contribution in [2.45, 2.75) is 6.54 Å². The number of rotatable bonds is 2. The zero-order valence-corrected chi connectivity index (χ0v) is 9.23. The second kappa shape index (κ2) is 4.00. The third-order valence-corrected chi connectivity index (χ3v) is 2.49. The molecule has 15 heavy (non-hydrogen) atoms. The highest BCUT2D eigenvalue weighted by atomic mass is 79.9. The molecule has 0 saturated carbocycles. The van der Waals surface area contributed by atoms with Crippen molar-refractivity contribution in [1.82, 2.24) is 10.1 Å². The van der Waals surface area contributed by atoms with E-state index in [-0.39, 0.29) is 12.3 Å². The van der Waals surface area contributed by atoms with Crippen LogP contribution in [0.15, 0.2) is 27.2 Å². The maximum atomic E-state index is 9.22. The van der Waals surface area contributed by atoms with Gasteiger partial charge in [-0.1, -0.05) is 5.16 Å². The van der Waals surface area contributed by atoms with Crippen LogP contribution in [-0.4, -0.2) is 15.2 Å². The van der Waals surface area contributed by atoms with Crippen LogP contribution in [-0.2, 0) is 6.54 Å². The zero-order valence-electron chi connectivity index (χ0n) is 7.64. The predicted molar refractivity (Wildman–Crippen MR) is 57.0 cm³/mol. The van der Waals surface area contributed by atoms with Crippen molar-refractivity contribution in [3.8, 4) is 17.1 Å². The Morgan fingerprint density at radius 1 is 1.47 bits per heavy atom. The van der Waals surface area contributed by atoms with E-state index in [1.54, 1.807) is 18.2 Å². The van der Waals surface area contributed by atoms with Gasteiger partial charge in [0.15, 0.2) is 0 Å². The molecule has 0 saturated heterocycles. The number of benzene rings is 1. The normalized spacial score (nSPS) is 10.5. The van der Waals surface area contributed by atoms with Crippen molar-refractivity contribution >= 4 is 15.9 Å². The largest absolute Gasteiger partial charge is 0.508 e. The van der Waals surface area contributed by atoms with Gasteiger partial charge in [0, 0.05) is 10.0 Å². The molecule has 0 atom stereocenters. The number of hydrogen-bond acceptors (Lipinski definition) is 5. The van der Waals surface area contributed by atoms with E-state index >= 15 is 0 Å². The van der Waals surface area contributed by atoms with E-state index in [4.69, 9.17) is 10.3 Å². The molecule has 6 heteroatoms. The predicted octanol–water partition coefficient (Wildman–Crippen LogP) is 1.66. The van der Waals surface area contributed by atoms with Crippen molar-refractivity contribution in [2.75, 3.05) is 0 Å². The van der Waals surface area contributed by atoms with Gasteiger partial charge in [0.05, 0.1) is 6.54 Å². The number of aromatic nitrogens is 2. The molecule has 0 radical (unpaired) electrons. The van der Waals surface area contributed by atoms with Gasteiger partial charge in [0.2, 0.25) is 11.7 Å². The smallest absolute Gasteiger partial charge is 0.240 e. The maximum absolute atomic E-state index is 9.22. The minimum absolute atomic E-state index is 0.174. The number of aromatic hydroxyl groups is 1. The number of nitrogens with two attached hydrogens (primary N) is 1. The lowest BCUT2D eigenvalue weighted by atomic mass is 10.2. The van der Waals surface area contributed by atoms with Crippen molar-refractivity contribution in [3.05, 3.63) is 28.6 Å². The van der Waals surface area contributed by atoms with Crippen LogP contribution in [0.3, 0.4) is 0 Å². The van der Waals surface area contributed by atoms with Gasteiger partial charge < -0.3 is 15.4 Å². The van der Waals surface area contributed by atoms with Gasteiger partial charge in [0.1, 0.15) is 5.75 Å². The van der Waals surface area contributed by atoms with Gasteiger partial charge in [-0.15, -0.1) is 0 Å². The van der Waals surface area contributed by atoms with E-state index in [0.29, 0.717) is 16.2 Å². The first-order valence-corrected chi connectivity index (χ1v) is 5.01. The molecule has 78 valence electrons. The fraction of sp³-hybridized carbons (Fsp3) is 0.111. The van der Waals surface area contributed by atoms with Gasteiger partial charge >= 0.3 is 0 Å². The summed E-state index contributed by atoms with van der Waals surface area (Å²) in [4.78, 5) is 4.08. The first-order chi connectivity index (χ1) is 7.20. The van der Waals surface area contributed by atoms with E-state index in [1.807, 2.05) is 0 Å². The fourth-order valence-corrected chi connectivity index (χ4v) is 1.68. The summed E-state index contributed by atoms with van der Waals surface area (Å²) in [6.07, 6.45) is 0. The SMILES string of the molecule is NCc1nc(-c2ccc(O)cc2Br)no1. The van der Waals surface area contributed by atoms with Crippen molar-refractivity contribution in [2.24, 2.45) is 5.73 Å². The molecule has 0 aliphatic carbocycles. The minimum Gasteiger partial charge on any atom is -0.508 e. The molecule has 1 heterocycles. The molecule has 2 rings (SSSR count). The van der Waals surface area contributed by atoms with Crippen molar-refractivity contribution in [3.63, 3.8) is 0 Å². The lowest BCUT2D eigenvalue weighted by molar-refractivity contribution is 0.380. The van der Waals surface area contributed by atoms with E-state index in [1.165, 1.54) is 0 Å². The van der Waals surface area contributed by atoms with Crippen LogP contribution in [0.25, 0.3) is 11.4 Å². The van der Waals surface area contributed by atoms with Crippen LogP contribution in [0.4, 0.5) is 0 Å². The van der Waals surface area contributed by atoms with Crippen LogP contribution >= 0.6 is 15.9 Å². The number of halogens is 1. The highest BCUT2D eigenvalue weighted by Gasteiger charge is 2.10. The average molecular weight is 270 g/mol. The van der Waals surface area contributed by atoms with Gasteiger partial charge in [-0.3, -0.25) is 0 Å². The van der Waals surface area contributed by atoms with E-state index in [9.17, 15) is 5.11 Å². The molecular formula is C9H8BrN3O2. The molecule has 0 amide bonds. The Labute approximate surface area is 94.0 Å². The number of phenols is 1. The minimum atomic E-state index is 0.174. The standard InChI is InChI=1S/C9H8BrN3O2/c10-7-3-5(14)1-2-6(7)9-12-8(4-11)15-13-9/h1-3,14H,4,11H2. The molecule has 0 aliphatic heterocycles. The van der Waals surface area contributed by atoms with Crippen LogP contribution in [0.5, 0.6) is 5.75 Å². The summed E-state index contributed by atoms with van der Waals surface area (Å²) >= 11 is 3.30. The van der Waals surface area contributed by atoms with Gasteiger partial charge in [-0.2, -0.15) is 4.98 Å². The van der Waals surface area contributed by atoms with Crippen LogP contribution in [0.2, 0.25) is 0 Å². The molecule has 0 fully saturated rings. The van der Waals surface area contributed by atoms with Gasteiger partial charge in [0.25, 0.3) is 0 Å². The molecule has 1 aromatic carbocycles. The molecule has 3 N–H and O–H groups in total. The summed E-state index contributed by atoms with van der Waals surface area (Å²) < 4.78 is 5.58. The van der Waals surface area contributed by atoms with Gasteiger partial charge in [-0.25, -0.2) is 0 Å². The van der Waals surface area contributed by atoms with Crippen LogP contribution < -0.4 is 5.73 Å². The molecule has 0 unspecified atom stereocenters. The Hall–Kier alpha value is -1.40. The van der Waals surface area contributed by atoms with Gasteiger partial charge in [-0.05, 0) is 34.1 Å². The number of phenolic OH excluding ortho intramolecular Hbond substituents is 1. The molecular weight excluding hydrogens is 262 g/mol. The maximum Gasteiger partial charge on any atom is 0.240 e. The Bertz CT molecular complexity index is 484. The van der Waals surface area contributed by atoms with Crippen molar-refractivity contribution in [1.29, 1.82) is 0 Å². The monoisotopic (exact) mass is 269 g/mol. The summed E-state index contributed by atoms with van der Waals surface area (Å²) in [5.74, 6) is 1.00. The molecule has 5 nitrogen and oxygen atoms in total. The molecule has 0 bridgehead atoms. The Morgan fingerprint density at radius 3 is 2.87 bits per heavy atom. The molecule has 2 aromatic rings. The second-order valence-corrected chi connectivity index (χ2v) is 3.73. The summed E-state index contributed by atoms with van der Waals surface area (Å²) in [6.45, 7) is 0.211. The highest BCUT2D eigenvalue weighted by Crippen LogP contribution is 2.29. The number of hydrogen-bond donors (Lipinski definition) is 2. The van der Waals surface area contributed by atoms with Crippen LogP contribution in [0, 0.1) is 0 Å². The van der Waals surface area contributed by atoms with E-state index < -0.39 is 0 Å². The van der Waals surface area contributed by atoms with E-state index in [0.717, 1.165) is 5.56 Å². The summed E-state index contributed by atoms with van der Waals surface area (Å²) in [5.41, 5.74) is 6.10. The lowest BCUT2D eigenvalue weighted by Gasteiger charge is -1.98. The Kier molecular flexibility index (Phi) is 2.70. The molecule has 0 spiro atoms. The fourth-order valence-electron chi connectivity index (χ4n) is 1.13. The first-order valence-electron chi connectivity index (χ1n) is 4.22. The average Bonchev–Trinajstić information content (AvgIpc) is 2.66. The Morgan fingerprint density at radius 2 is 2.27 bits per heavy atom. The van der Waals surface area contributed by atoms with Crippen molar-refractivity contribution < 1.29 is 9.63 Å². The van der Waals surface area contributed by atoms with Crippen LogP contribution in [0.1, 0.15) is 5.89 Å². The molecule has 0 aliphatic rings. The number of nitrogens with zero attached hydrogens (tertiary/aromatic N) is 2. The topological polar surface area (TPSA) is 85.2 Å². The second-order valence-electron chi connectivity index (χ2n) is 2.88. The third kappa shape index (κ3) is 2.00. The summed E-state index contributed by atoms with van der Waals surface area (Å²) in [5, 5.41) is 13.0. The summed E-state index contributed by atoms with van der Waals surface area (Å²) in [7, 11) is 0. The van der Waals surface area contributed by atoms with E-state index in [2.05, 4.69) is 26.1 Å². The first kappa shape index (κ1) is 10.1. The zero-order chi connectivity index (χ0) is 10.8. The highest BCUT2D eigenvalue weighted by molar-refractivity contribution is 9.10. The quantitative estimate of drug-likeness (QED) is 0.866. The lowest BCUT2D eigenvalue weighted by Crippen LogP contribution is -1.95. The Balaban J connectivity index is 2.44.